The van der Waals surface area contributed by atoms with Crippen molar-refractivity contribution < 1.29 is 9.53 Å². The van der Waals surface area contributed by atoms with Gasteiger partial charge in [-0.05, 0) is 83.3 Å². The van der Waals surface area contributed by atoms with Crippen LogP contribution in [-0.2, 0) is 4.79 Å². The van der Waals surface area contributed by atoms with E-state index in [0.717, 1.165) is 35.8 Å². The third-order valence-corrected chi connectivity index (χ3v) is 4.71. The summed E-state index contributed by atoms with van der Waals surface area (Å²) in [6, 6.07) is 6.06. The number of hydrogen-bond acceptors (Lipinski definition) is 3. The lowest BCUT2D eigenvalue weighted by Gasteiger charge is -2.29. The van der Waals surface area contributed by atoms with E-state index < -0.39 is 6.10 Å². The third kappa shape index (κ3) is 5.54. The molecule has 1 aliphatic heterocycles. The standard InChI is InChI=1S/C19H30N2O2/c1-14-5-6-15(2)18(13-14)23-16(3)19(22)20-10-7-17-8-11-21(4)12-9-17/h5-6,13,16-17H,7-12H2,1-4H3,(H,20,22). The first kappa shape index (κ1) is 17.8. The first-order chi connectivity index (χ1) is 11.0. The van der Waals surface area contributed by atoms with E-state index in [0.29, 0.717) is 0 Å². The van der Waals surface area contributed by atoms with Crippen LogP contribution in [0.2, 0.25) is 0 Å². The normalized spacial score (nSPS) is 17.7. The van der Waals surface area contributed by atoms with Crippen LogP contribution in [0.5, 0.6) is 5.75 Å². The average Bonchev–Trinajstić information content (AvgIpc) is 2.52. The molecule has 4 nitrogen and oxygen atoms in total. The highest BCUT2D eigenvalue weighted by atomic mass is 16.5. The molecule has 0 bridgehead atoms. The van der Waals surface area contributed by atoms with Crippen LogP contribution in [0.3, 0.4) is 0 Å². The maximum atomic E-state index is 12.2. The van der Waals surface area contributed by atoms with Gasteiger partial charge in [-0.3, -0.25) is 4.79 Å². The van der Waals surface area contributed by atoms with Crippen molar-refractivity contribution in [1.29, 1.82) is 0 Å². The molecule has 23 heavy (non-hydrogen) atoms. The Kier molecular flexibility index (Phi) is 6.46. The van der Waals surface area contributed by atoms with Gasteiger partial charge in [-0.1, -0.05) is 12.1 Å². The van der Waals surface area contributed by atoms with Gasteiger partial charge in [0.05, 0.1) is 0 Å². The lowest BCUT2D eigenvalue weighted by molar-refractivity contribution is -0.127. The number of nitrogens with zero attached hydrogens (tertiary/aromatic N) is 1. The minimum Gasteiger partial charge on any atom is -0.481 e. The monoisotopic (exact) mass is 318 g/mol. The minimum absolute atomic E-state index is 0.0289. The summed E-state index contributed by atoms with van der Waals surface area (Å²) >= 11 is 0. The van der Waals surface area contributed by atoms with Gasteiger partial charge >= 0.3 is 0 Å². The molecule has 1 aromatic rings. The summed E-state index contributed by atoms with van der Waals surface area (Å²) in [6.45, 7) is 8.92. The fourth-order valence-corrected chi connectivity index (χ4v) is 2.97. The van der Waals surface area contributed by atoms with Gasteiger partial charge in [-0.15, -0.1) is 0 Å². The second kappa shape index (κ2) is 8.34. The van der Waals surface area contributed by atoms with Crippen LogP contribution in [0.4, 0.5) is 0 Å². The van der Waals surface area contributed by atoms with Gasteiger partial charge in [-0.25, -0.2) is 0 Å². The molecule has 1 aromatic carbocycles. The lowest BCUT2D eigenvalue weighted by Crippen LogP contribution is -2.38. The molecule has 1 N–H and O–H groups in total. The van der Waals surface area contributed by atoms with Crippen LogP contribution < -0.4 is 10.1 Å². The highest BCUT2D eigenvalue weighted by Crippen LogP contribution is 2.21. The lowest BCUT2D eigenvalue weighted by atomic mass is 9.94. The van der Waals surface area contributed by atoms with E-state index in [1.165, 1.54) is 25.9 Å². The molecule has 1 saturated heterocycles. The van der Waals surface area contributed by atoms with Crippen molar-refractivity contribution in [2.75, 3.05) is 26.7 Å². The number of ether oxygens (including phenoxy) is 1. The molecular formula is C19H30N2O2. The molecule has 1 atom stereocenters. The van der Waals surface area contributed by atoms with Crippen molar-refractivity contribution in [3.8, 4) is 5.75 Å². The van der Waals surface area contributed by atoms with Crippen molar-refractivity contribution in [2.24, 2.45) is 5.92 Å². The number of amides is 1. The topological polar surface area (TPSA) is 41.6 Å². The van der Waals surface area contributed by atoms with E-state index in [-0.39, 0.29) is 5.91 Å². The van der Waals surface area contributed by atoms with Crippen molar-refractivity contribution in [2.45, 2.75) is 46.1 Å². The van der Waals surface area contributed by atoms with E-state index in [2.05, 4.69) is 23.3 Å². The Hall–Kier alpha value is -1.55. The zero-order chi connectivity index (χ0) is 16.8. The van der Waals surface area contributed by atoms with E-state index >= 15 is 0 Å². The second-order valence-corrected chi connectivity index (χ2v) is 6.86. The number of aryl methyl sites for hydroxylation is 2. The summed E-state index contributed by atoms with van der Waals surface area (Å²) in [6.07, 6.45) is 3.07. The Balaban J connectivity index is 1.73. The summed E-state index contributed by atoms with van der Waals surface area (Å²) < 4.78 is 5.83. The van der Waals surface area contributed by atoms with Crippen LogP contribution in [0, 0.1) is 19.8 Å². The Bertz CT molecular complexity index is 522. The van der Waals surface area contributed by atoms with Gasteiger partial charge in [0.15, 0.2) is 6.10 Å². The molecule has 0 saturated carbocycles. The molecule has 1 aliphatic rings. The number of likely N-dealkylation sites (tertiary alicyclic amines) is 1. The number of piperidine rings is 1. The van der Waals surface area contributed by atoms with Gasteiger partial charge in [0, 0.05) is 6.54 Å². The summed E-state index contributed by atoms with van der Waals surface area (Å²) in [5, 5.41) is 3.02. The van der Waals surface area contributed by atoms with E-state index in [4.69, 9.17) is 4.74 Å². The smallest absolute Gasteiger partial charge is 0.260 e. The minimum atomic E-state index is -0.465. The van der Waals surface area contributed by atoms with Crippen LogP contribution in [0.25, 0.3) is 0 Å². The molecule has 4 heteroatoms. The highest BCUT2D eigenvalue weighted by Gasteiger charge is 2.18. The van der Waals surface area contributed by atoms with Gasteiger partial charge in [0.2, 0.25) is 0 Å². The molecule has 0 aromatic heterocycles. The Labute approximate surface area is 140 Å². The highest BCUT2D eigenvalue weighted by molar-refractivity contribution is 5.80. The summed E-state index contributed by atoms with van der Waals surface area (Å²) in [5.41, 5.74) is 2.20. The number of benzene rings is 1. The van der Waals surface area contributed by atoms with Crippen LogP contribution in [0.1, 0.15) is 37.3 Å². The molecule has 0 spiro atoms. The van der Waals surface area contributed by atoms with E-state index in [1.54, 1.807) is 0 Å². The van der Waals surface area contributed by atoms with E-state index in [9.17, 15) is 4.79 Å². The molecule has 128 valence electrons. The number of carbonyl (C=O) groups is 1. The van der Waals surface area contributed by atoms with Crippen LogP contribution >= 0.6 is 0 Å². The molecule has 1 unspecified atom stereocenters. The first-order valence-electron chi connectivity index (χ1n) is 8.66. The average molecular weight is 318 g/mol. The van der Waals surface area contributed by atoms with Crippen LogP contribution in [0.15, 0.2) is 18.2 Å². The molecular weight excluding hydrogens is 288 g/mol. The Morgan fingerprint density at radius 3 is 2.74 bits per heavy atom. The van der Waals surface area contributed by atoms with Gasteiger partial charge in [-0.2, -0.15) is 0 Å². The maximum absolute atomic E-state index is 12.2. The quantitative estimate of drug-likeness (QED) is 0.877. The Morgan fingerprint density at radius 2 is 2.04 bits per heavy atom. The fraction of sp³-hybridized carbons (Fsp3) is 0.632. The van der Waals surface area contributed by atoms with Crippen molar-refractivity contribution in [3.63, 3.8) is 0 Å². The van der Waals surface area contributed by atoms with E-state index in [1.807, 2.05) is 32.9 Å². The SMILES string of the molecule is Cc1ccc(C)c(OC(C)C(=O)NCCC2CCN(C)CC2)c1. The Morgan fingerprint density at radius 1 is 1.35 bits per heavy atom. The summed E-state index contributed by atoms with van der Waals surface area (Å²) in [4.78, 5) is 14.6. The van der Waals surface area contributed by atoms with Gasteiger partial charge < -0.3 is 15.0 Å². The number of carbonyl (C=O) groups excluding carboxylic acids is 1. The zero-order valence-electron chi connectivity index (χ0n) is 14.9. The van der Waals surface area contributed by atoms with Crippen molar-refractivity contribution in [3.05, 3.63) is 29.3 Å². The second-order valence-electron chi connectivity index (χ2n) is 6.86. The first-order valence-corrected chi connectivity index (χ1v) is 8.66. The molecule has 1 heterocycles. The fourth-order valence-electron chi connectivity index (χ4n) is 2.97. The molecule has 0 radical (unpaired) electrons. The van der Waals surface area contributed by atoms with Crippen molar-refractivity contribution in [1.82, 2.24) is 10.2 Å². The van der Waals surface area contributed by atoms with Gasteiger partial charge in [0.25, 0.3) is 5.91 Å². The van der Waals surface area contributed by atoms with Crippen molar-refractivity contribution >= 4 is 5.91 Å². The largest absolute Gasteiger partial charge is 0.481 e. The predicted octanol–water partition coefficient (Wildman–Crippen LogP) is 2.92. The number of nitrogens with one attached hydrogen (secondary N) is 1. The summed E-state index contributed by atoms with van der Waals surface area (Å²) in [5.74, 6) is 1.50. The maximum Gasteiger partial charge on any atom is 0.260 e. The van der Waals surface area contributed by atoms with Gasteiger partial charge in [0.1, 0.15) is 5.75 Å². The zero-order valence-corrected chi connectivity index (χ0v) is 14.9. The third-order valence-electron chi connectivity index (χ3n) is 4.71. The number of rotatable bonds is 6. The molecule has 1 fully saturated rings. The molecule has 1 amide bonds. The summed E-state index contributed by atoms with van der Waals surface area (Å²) in [7, 11) is 2.17. The van der Waals surface area contributed by atoms with Crippen LogP contribution in [-0.4, -0.2) is 43.6 Å². The molecule has 2 rings (SSSR count). The number of hydrogen-bond donors (Lipinski definition) is 1. The molecule has 0 aliphatic carbocycles. The predicted molar refractivity (Wildman–Crippen MR) is 93.9 cm³/mol.